The zero-order chi connectivity index (χ0) is 26.6. The summed E-state index contributed by atoms with van der Waals surface area (Å²) in [6, 6.07) is -1.14. The molecule has 0 aromatic rings. The van der Waals surface area contributed by atoms with Gasteiger partial charge in [-0.05, 0) is 44.9 Å². The molecular weight excluding hydrogens is 462 g/mol. The van der Waals surface area contributed by atoms with E-state index in [4.69, 9.17) is 9.47 Å². The first-order valence-electron chi connectivity index (χ1n) is 13.8. The Hall–Kier alpha value is -1.74. The summed E-state index contributed by atoms with van der Waals surface area (Å²) < 4.78 is 10.5. The van der Waals surface area contributed by atoms with Crippen LogP contribution in [0.2, 0.25) is 0 Å². The Kier molecular flexibility index (Phi) is 18.2. The van der Waals surface area contributed by atoms with E-state index in [2.05, 4.69) is 36.5 Å². The van der Waals surface area contributed by atoms with Gasteiger partial charge < -0.3 is 30.1 Å². The molecule has 4 N–H and O–H groups in total. The van der Waals surface area contributed by atoms with Gasteiger partial charge in [0.25, 0.3) is 0 Å². The first-order valence-corrected chi connectivity index (χ1v) is 13.8. The number of rotatable bonds is 19. The van der Waals surface area contributed by atoms with Gasteiger partial charge in [-0.3, -0.25) is 9.59 Å². The Balaban J connectivity index is 2.09. The zero-order valence-corrected chi connectivity index (χ0v) is 22.3. The van der Waals surface area contributed by atoms with Crippen molar-refractivity contribution in [1.29, 1.82) is 0 Å². The quantitative estimate of drug-likeness (QED) is 0.117. The molecule has 36 heavy (non-hydrogen) atoms. The van der Waals surface area contributed by atoms with E-state index >= 15 is 0 Å². The van der Waals surface area contributed by atoms with Gasteiger partial charge in [0.1, 0.15) is 31.0 Å². The third-order valence-electron chi connectivity index (χ3n) is 6.27. The second-order valence-corrected chi connectivity index (χ2v) is 9.55. The molecule has 0 bridgehead atoms. The van der Waals surface area contributed by atoms with Gasteiger partial charge in [0, 0.05) is 12.8 Å². The number of esters is 1. The first kappa shape index (κ1) is 32.3. The predicted octanol–water partition coefficient (Wildman–Crippen LogP) is 4.07. The van der Waals surface area contributed by atoms with Gasteiger partial charge in [0.15, 0.2) is 6.29 Å². The van der Waals surface area contributed by atoms with Crippen molar-refractivity contribution in [3.8, 4) is 0 Å². The number of amides is 1. The number of nitrogens with one attached hydrogen (secondary N) is 1. The number of carbonyl (C=O) groups excluding carboxylic acids is 2. The average molecular weight is 512 g/mol. The van der Waals surface area contributed by atoms with Gasteiger partial charge in [-0.2, -0.15) is 0 Å². The van der Waals surface area contributed by atoms with E-state index in [1.165, 1.54) is 25.7 Å². The smallest absolute Gasteiger partial charge is 0.305 e. The van der Waals surface area contributed by atoms with Gasteiger partial charge in [0.2, 0.25) is 5.91 Å². The van der Waals surface area contributed by atoms with Crippen LogP contribution in [0.3, 0.4) is 0 Å². The maximum Gasteiger partial charge on any atom is 0.305 e. The highest BCUT2D eigenvalue weighted by molar-refractivity contribution is 5.76. The first-order chi connectivity index (χ1) is 17.4. The van der Waals surface area contributed by atoms with Crippen molar-refractivity contribution in [2.45, 2.75) is 134 Å². The van der Waals surface area contributed by atoms with Crippen LogP contribution in [0.5, 0.6) is 0 Å². The molecule has 0 radical (unpaired) electrons. The van der Waals surface area contributed by atoms with E-state index in [0.717, 1.165) is 44.9 Å². The lowest BCUT2D eigenvalue weighted by molar-refractivity contribution is -0.255. The third kappa shape index (κ3) is 14.1. The molecule has 0 spiro atoms. The largest absolute Gasteiger partial charge is 0.463 e. The van der Waals surface area contributed by atoms with Crippen molar-refractivity contribution in [2.24, 2.45) is 0 Å². The van der Waals surface area contributed by atoms with Crippen LogP contribution in [0, 0.1) is 0 Å². The van der Waals surface area contributed by atoms with Crippen LogP contribution in [0.25, 0.3) is 0 Å². The van der Waals surface area contributed by atoms with Gasteiger partial charge in [-0.1, -0.05) is 70.3 Å². The van der Waals surface area contributed by atoms with Crippen LogP contribution in [0.15, 0.2) is 24.3 Å². The van der Waals surface area contributed by atoms with Crippen LogP contribution in [-0.4, -0.2) is 64.4 Å². The molecule has 0 aromatic carbocycles. The molecule has 1 heterocycles. The maximum atomic E-state index is 12.0. The lowest BCUT2D eigenvalue weighted by Crippen LogP contribution is -2.64. The zero-order valence-electron chi connectivity index (χ0n) is 22.3. The Bertz CT molecular complexity index is 652. The van der Waals surface area contributed by atoms with E-state index in [9.17, 15) is 24.9 Å². The van der Waals surface area contributed by atoms with Crippen molar-refractivity contribution in [3.05, 3.63) is 24.3 Å². The molecule has 1 amide bonds. The van der Waals surface area contributed by atoms with Crippen LogP contribution >= 0.6 is 0 Å². The number of carbonyl (C=O) groups is 2. The molecule has 8 nitrogen and oxygen atoms in total. The number of unbranched alkanes of at least 4 members (excludes halogenated alkanes) is 8. The maximum absolute atomic E-state index is 12.0. The van der Waals surface area contributed by atoms with Crippen molar-refractivity contribution in [2.75, 3.05) is 6.61 Å². The Morgan fingerprint density at radius 1 is 0.806 bits per heavy atom. The molecule has 1 saturated heterocycles. The van der Waals surface area contributed by atoms with Crippen LogP contribution < -0.4 is 5.32 Å². The van der Waals surface area contributed by atoms with E-state index in [1.807, 2.05) is 6.92 Å². The molecule has 1 rings (SSSR count). The van der Waals surface area contributed by atoms with Crippen molar-refractivity contribution >= 4 is 11.9 Å². The highest BCUT2D eigenvalue weighted by Crippen LogP contribution is 2.21. The molecular formula is C28H49NO7. The van der Waals surface area contributed by atoms with Gasteiger partial charge in [0.05, 0.1) is 0 Å². The fourth-order valence-corrected chi connectivity index (χ4v) is 4.05. The summed E-state index contributed by atoms with van der Waals surface area (Å²) in [5.41, 5.74) is 0. The fraction of sp³-hybridized carbons (Fsp3) is 0.786. The minimum atomic E-state index is -1.50. The predicted molar refractivity (Wildman–Crippen MR) is 140 cm³/mol. The Labute approximate surface area is 217 Å². The molecule has 8 heteroatoms. The lowest BCUT2D eigenvalue weighted by Gasteiger charge is -2.40. The molecule has 1 fully saturated rings. The van der Waals surface area contributed by atoms with E-state index in [0.29, 0.717) is 6.42 Å². The van der Waals surface area contributed by atoms with Gasteiger partial charge in [-0.15, -0.1) is 0 Å². The fourth-order valence-electron chi connectivity index (χ4n) is 4.05. The molecule has 1 aliphatic heterocycles. The molecule has 5 atom stereocenters. The number of allylic oxidation sites excluding steroid dienone is 4. The van der Waals surface area contributed by atoms with Crippen molar-refractivity contribution in [3.63, 3.8) is 0 Å². The van der Waals surface area contributed by atoms with E-state index in [1.54, 1.807) is 0 Å². The summed E-state index contributed by atoms with van der Waals surface area (Å²) in [5.74, 6) is -0.752. The van der Waals surface area contributed by atoms with Crippen LogP contribution in [0.4, 0.5) is 0 Å². The molecule has 0 aromatic heterocycles. The number of aliphatic hydroxyl groups excluding tert-OH is 3. The molecule has 0 aliphatic carbocycles. The van der Waals surface area contributed by atoms with Gasteiger partial charge >= 0.3 is 5.97 Å². The molecule has 208 valence electrons. The van der Waals surface area contributed by atoms with Crippen molar-refractivity contribution in [1.82, 2.24) is 5.32 Å². The highest BCUT2D eigenvalue weighted by atomic mass is 16.6. The number of ether oxygens (including phenoxy) is 2. The molecule has 0 saturated carbocycles. The standard InChI is InChI=1S/C28H49NO7/c1-3-5-6-7-8-9-10-11-12-13-14-15-16-17-18-20-24(31)35-21-22-26(32)27(33)25(28(34)36-22)29-23(30)19-4-2/h8-9,11-12,22,25-28,32-34H,3-7,10,13-21H2,1-2H3,(H,29,30)/b9-8-,12-11-/t22-,25-,26-,27-,28?/m1/s1. The summed E-state index contributed by atoms with van der Waals surface area (Å²) >= 11 is 0. The summed E-state index contributed by atoms with van der Waals surface area (Å²) in [4.78, 5) is 23.8. The Morgan fingerprint density at radius 3 is 2.11 bits per heavy atom. The summed E-state index contributed by atoms with van der Waals surface area (Å²) in [6.45, 7) is 3.78. The number of aliphatic hydroxyl groups is 3. The minimum absolute atomic E-state index is 0.237. The van der Waals surface area contributed by atoms with Crippen molar-refractivity contribution < 1.29 is 34.4 Å². The van der Waals surface area contributed by atoms with E-state index < -0.39 is 36.6 Å². The topological polar surface area (TPSA) is 125 Å². The Morgan fingerprint density at radius 2 is 1.44 bits per heavy atom. The number of hydrogen-bond donors (Lipinski definition) is 4. The average Bonchev–Trinajstić information content (AvgIpc) is 2.85. The SMILES string of the molecule is CCCCC/C=C\C/C=C\CCCCCCCC(=O)OC[C@H]1OC(O)[C@H](NC(=O)CCC)[C@@H](O)[C@@H]1O. The second kappa shape index (κ2) is 20.3. The third-order valence-corrected chi connectivity index (χ3v) is 6.27. The monoisotopic (exact) mass is 511 g/mol. The molecule has 1 unspecified atom stereocenters. The second-order valence-electron chi connectivity index (χ2n) is 9.55. The summed E-state index contributed by atoms with van der Waals surface area (Å²) in [5, 5.41) is 33.1. The van der Waals surface area contributed by atoms with E-state index in [-0.39, 0.29) is 25.4 Å². The molecule has 1 aliphatic rings. The highest BCUT2D eigenvalue weighted by Gasteiger charge is 2.44. The summed E-state index contributed by atoms with van der Waals surface area (Å²) in [6.07, 6.45) is 16.8. The minimum Gasteiger partial charge on any atom is -0.463 e. The summed E-state index contributed by atoms with van der Waals surface area (Å²) in [7, 11) is 0. The van der Waals surface area contributed by atoms with Crippen LogP contribution in [0.1, 0.15) is 104 Å². The normalized spacial score (nSPS) is 24.4. The lowest BCUT2D eigenvalue weighted by atomic mass is 9.97. The number of hydrogen-bond acceptors (Lipinski definition) is 7. The van der Waals surface area contributed by atoms with Crippen LogP contribution in [-0.2, 0) is 19.1 Å². The van der Waals surface area contributed by atoms with Gasteiger partial charge in [-0.25, -0.2) is 0 Å².